The number of carbonyl (C=O) groups is 2. The number of carbonyl (C=O) groups excluding carboxylic acids is 2. The molecule has 0 spiro atoms. The maximum atomic E-state index is 12.9. The molecule has 5 atom stereocenters. The van der Waals surface area contributed by atoms with Crippen molar-refractivity contribution in [2.24, 2.45) is 0 Å². The molecule has 0 aliphatic carbocycles. The average Bonchev–Trinajstić information content (AvgIpc) is 3.21. The summed E-state index contributed by atoms with van der Waals surface area (Å²) < 4.78 is 34.7. The monoisotopic (exact) mass is 450 g/mol. The first-order chi connectivity index (χ1) is 15.1. The van der Waals surface area contributed by atoms with Gasteiger partial charge in [-0.1, -0.05) is 0 Å². The molecule has 2 N–H and O–H groups in total. The third-order valence-electron chi connectivity index (χ3n) is 5.44. The number of hydrogen-bond acceptors (Lipinski definition) is 8. The Hall–Kier alpha value is -2.24. The summed E-state index contributed by atoms with van der Waals surface area (Å²) in [6.45, 7) is 7.25. The summed E-state index contributed by atoms with van der Waals surface area (Å²) >= 11 is 0. The van der Waals surface area contributed by atoms with Crippen molar-refractivity contribution in [1.82, 2.24) is 5.32 Å². The average molecular weight is 450 g/mol. The minimum Gasteiger partial charge on any atom is -0.497 e. The highest BCUT2D eigenvalue weighted by molar-refractivity contribution is 5.91. The van der Waals surface area contributed by atoms with Crippen molar-refractivity contribution in [3.8, 4) is 5.75 Å². The second-order valence-electron chi connectivity index (χ2n) is 8.91. The zero-order chi connectivity index (χ0) is 23.1. The van der Waals surface area contributed by atoms with E-state index in [9.17, 15) is 9.59 Å². The fourth-order valence-electron chi connectivity index (χ4n) is 4.12. The van der Waals surface area contributed by atoms with Crippen LogP contribution < -0.4 is 15.4 Å². The van der Waals surface area contributed by atoms with Crippen molar-refractivity contribution in [2.45, 2.75) is 76.4 Å². The lowest BCUT2D eigenvalue weighted by Crippen LogP contribution is -2.59. The molecule has 10 nitrogen and oxygen atoms in total. The highest BCUT2D eigenvalue weighted by atomic mass is 16.9. The molecule has 4 rings (SSSR count). The molecule has 0 saturated carbocycles. The van der Waals surface area contributed by atoms with Crippen LogP contribution in [0.1, 0.15) is 34.1 Å². The van der Waals surface area contributed by atoms with Gasteiger partial charge in [0, 0.05) is 18.7 Å². The second-order valence-corrected chi connectivity index (χ2v) is 8.91. The fraction of sp³-hybridized carbons (Fsp3) is 0.636. The summed E-state index contributed by atoms with van der Waals surface area (Å²) in [5.41, 5.74) is 0.645. The van der Waals surface area contributed by atoms with Crippen LogP contribution in [0.5, 0.6) is 5.75 Å². The van der Waals surface area contributed by atoms with Crippen LogP contribution in [0.15, 0.2) is 24.3 Å². The minimum atomic E-state index is -0.954. The Bertz CT molecular complexity index is 856. The van der Waals surface area contributed by atoms with E-state index in [1.54, 1.807) is 59.1 Å². The quantitative estimate of drug-likeness (QED) is 0.671. The van der Waals surface area contributed by atoms with Crippen LogP contribution in [0, 0.1) is 0 Å². The Labute approximate surface area is 186 Å². The summed E-state index contributed by atoms with van der Waals surface area (Å²) in [4.78, 5) is 25.1. The molecule has 32 heavy (non-hydrogen) atoms. The highest BCUT2D eigenvalue weighted by Gasteiger charge is 2.62. The number of nitrogens with one attached hydrogen (secondary N) is 2. The molecule has 0 aromatic heterocycles. The SMILES string of the molecule is COc1ccc(NC(=O)CCNC(=O)[C@H]2O[C@@H]3OC(C)(C)O[C@@H]3[C@H]3OC(C)(C)O[C@H]32)cc1. The van der Waals surface area contributed by atoms with Gasteiger partial charge in [0.05, 0.1) is 7.11 Å². The van der Waals surface area contributed by atoms with Crippen molar-refractivity contribution in [3.05, 3.63) is 24.3 Å². The Morgan fingerprint density at radius 1 is 0.938 bits per heavy atom. The van der Waals surface area contributed by atoms with Crippen LogP contribution in [0.3, 0.4) is 0 Å². The van der Waals surface area contributed by atoms with Crippen molar-refractivity contribution in [1.29, 1.82) is 0 Å². The van der Waals surface area contributed by atoms with Gasteiger partial charge < -0.3 is 39.1 Å². The lowest BCUT2D eigenvalue weighted by molar-refractivity contribution is -0.231. The first-order valence-corrected chi connectivity index (χ1v) is 10.7. The number of anilines is 1. The largest absolute Gasteiger partial charge is 0.497 e. The number of fused-ring (bicyclic) bond motifs is 3. The van der Waals surface area contributed by atoms with Crippen LogP contribution in [-0.4, -0.2) is 67.7 Å². The smallest absolute Gasteiger partial charge is 0.252 e. The van der Waals surface area contributed by atoms with Crippen molar-refractivity contribution >= 4 is 17.5 Å². The van der Waals surface area contributed by atoms with E-state index in [1.165, 1.54) is 0 Å². The third-order valence-corrected chi connectivity index (χ3v) is 5.44. The molecule has 10 heteroatoms. The molecule has 0 radical (unpaired) electrons. The van der Waals surface area contributed by atoms with Crippen LogP contribution in [0.25, 0.3) is 0 Å². The van der Waals surface area contributed by atoms with Crippen LogP contribution in [-0.2, 0) is 33.3 Å². The Morgan fingerprint density at radius 3 is 2.25 bits per heavy atom. The van der Waals surface area contributed by atoms with E-state index in [0.717, 1.165) is 0 Å². The zero-order valence-electron chi connectivity index (χ0n) is 18.9. The molecule has 0 unspecified atom stereocenters. The first-order valence-electron chi connectivity index (χ1n) is 10.7. The van der Waals surface area contributed by atoms with Gasteiger partial charge in [0.2, 0.25) is 5.91 Å². The Kier molecular flexibility index (Phi) is 6.17. The van der Waals surface area contributed by atoms with Crippen molar-refractivity contribution < 1.29 is 38.0 Å². The van der Waals surface area contributed by atoms with Gasteiger partial charge in [-0.15, -0.1) is 0 Å². The van der Waals surface area contributed by atoms with E-state index in [0.29, 0.717) is 11.4 Å². The molecular weight excluding hydrogens is 420 g/mol. The minimum absolute atomic E-state index is 0.0974. The normalized spacial score (nSPS) is 32.0. The Morgan fingerprint density at radius 2 is 1.56 bits per heavy atom. The van der Waals surface area contributed by atoms with Crippen molar-refractivity contribution in [2.75, 3.05) is 19.0 Å². The molecule has 3 heterocycles. The lowest BCUT2D eigenvalue weighted by Gasteiger charge is -2.36. The Balaban J connectivity index is 1.32. The van der Waals surface area contributed by atoms with E-state index in [1.807, 2.05) is 0 Å². The topological polar surface area (TPSA) is 114 Å². The van der Waals surface area contributed by atoms with E-state index in [2.05, 4.69) is 10.6 Å². The van der Waals surface area contributed by atoms with E-state index in [4.69, 9.17) is 28.4 Å². The maximum Gasteiger partial charge on any atom is 0.252 e. The fourth-order valence-corrected chi connectivity index (χ4v) is 4.12. The lowest BCUT2D eigenvalue weighted by atomic mass is 9.98. The predicted molar refractivity (Wildman–Crippen MR) is 112 cm³/mol. The number of rotatable bonds is 6. The summed E-state index contributed by atoms with van der Waals surface area (Å²) in [5, 5.41) is 5.53. The molecule has 1 aromatic carbocycles. The maximum absolute atomic E-state index is 12.9. The number of ether oxygens (including phenoxy) is 6. The molecule has 3 fully saturated rings. The predicted octanol–water partition coefficient (Wildman–Crippen LogP) is 1.54. The number of hydrogen-bond donors (Lipinski definition) is 2. The summed E-state index contributed by atoms with van der Waals surface area (Å²) in [5.74, 6) is -1.68. The number of amides is 2. The van der Waals surface area contributed by atoms with Gasteiger partial charge in [-0.05, 0) is 52.0 Å². The summed E-state index contributed by atoms with van der Waals surface area (Å²) in [6, 6.07) is 6.99. The van der Waals surface area contributed by atoms with Gasteiger partial charge >= 0.3 is 0 Å². The van der Waals surface area contributed by atoms with Gasteiger partial charge in [0.25, 0.3) is 5.91 Å². The second kappa shape index (κ2) is 8.60. The van der Waals surface area contributed by atoms with Crippen LogP contribution in [0.2, 0.25) is 0 Å². The molecule has 3 saturated heterocycles. The van der Waals surface area contributed by atoms with E-state index >= 15 is 0 Å². The van der Waals surface area contributed by atoms with Crippen molar-refractivity contribution in [3.63, 3.8) is 0 Å². The van der Waals surface area contributed by atoms with Gasteiger partial charge in [-0.25, -0.2) is 0 Å². The molecule has 3 aliphatic rings. The molecule has 176 valence electrons. The standard InChI is InChI=1S/C22H30N2O8/c1-21(2)29-15-16(30-21)18-20(32-22(3,4)31-18)28-17(15)19(26)23-11-10-14(25)24-12-6-8-13(27-5)9-7-12/h6-9,15-18,20H,10-11H2,1-5H3,(H,23,26)(H,24,25)/t15-,16+,17+,18-,20-/m1/s1. The molecular formula is C22H30N2O8. The molecule has 3 aliphatic heterocycles. The first kappa shape index (κ1) is 22.9. The molecule has 1 aromatic rings. The van der Waals surface area contributed by atoms with E-state index < -0.39 is 48.2 Å². The van der Waals surface area contributed by atoms with Gasteiger partial charge in [-0.2, -0.15) is 0 Å². The van der Waals surface area contributed by atoms with Gasteiger partial charge in [0.1, 0.15) is 24.1 Å². The molecule has 0 bridgehead atoms. The third kappa shape index (κ3) is 4.89. The van der Waals surface area contributed by atoms with Gasteiger partial charge in [-0.3, -0.25) is 9.59 Å². The van der Waals surface area contributed by atoms with E-state index in [-0.39, 0.29) is 18.9 Å². The zero-order valence-corrected chi connectivity index (χ0v) is 18.9. The van der Waals surface area contributed by atoms with Gasteiger partial charge in [0.15, 0.2) is 24.0 Å². The van der Waals surface area contributed by atoms with Crippen LogP contribution >= 0.6 is 0 Å². The van der Waals surface area contributed by atoms with Crippen LogP contribution in [0.4, 0.5) is 5.69 Å². The molecule has 2 amide bonds. The highest BCUT2D eigenvalue weighted by Crippen LogP contribution is 2.44. The number of methoxy groups -OCH3 is 1. The summed E-state index contributed by atoms with van der Waals surface area (Å²) in [7, 11) is 1.57. The number of benzene rings is 1. The summed E-state index contributed by atoms with van der Waals surface area (Å²) in [6.07, 6.45) is -3.28.